The molecule has 0 amide bonds. The van der Waals surface area contributed by atoms with Gasteiger partial charge in [-0.2, -0.15) is 0 Å². The molecule has 1 aromatic rings. The first-order chi connectivity index (χ1) is 7.34. The Morgan fingerprint density at radius 2 is 1.60 bits per heavy atom. The minimum atomic E-state index is 1.26. The van der Waals surface area contributed by atoms with Gasteiger partial charge in [0.2, 0.25) is 0 Å². The van der Waals surface area contributed by atoms with E-state index in [2.05, 4.69) is 38.1 Å². The lowest BCUT2D eigenvalue weighted by molar-refractivity contribution is 0.665. The maximum atomic E-state index is 2.26. The van der Waals surface area contributed by atoms with Crippen LogP contribution in [0.1, 0.15) is 57.6 Å². The van der Waals surface area contributed by atoms with Gasteiger partial charge in [0, 0.05) is 0 Å². The van der Waals surface area contributed by atoms with Crippen LogP contribution in [0.3, 0.4) is 0 Å². The van der Waals surface area contributed by atoms with Crippen molar-refractivity contribution in [2.45, 2.75) is 59.8 Å². The molecule has 0 fully saturated rings. The van der Waals surface area contributed by atoms with Gasteiger partial charge in [-0.1, -0.05) is 64.3 Å². The molecule has 0 N–H and O–H groups in total. The Morgan fingerprint density at radius 1 is 0.933 bits per heavy atom. The fourth-order valence-corrected chi connectivity index (χ4v) is 1.63. The fraction of sp³-hybridized carbons (Fsp3) is 0.600. The highest BCUT2D eigenvalue weighted by Crippen LogP contribution is 2.11. The third kappa shape index (κ3) is 6.33. The Morgan fingerprint density at radius 3 is 2.20 bits per heavy atom. The largest absolute Gasteiger partial charge is 0.0683 e. The SMILES string of the molecule is CC.CCCCCCc1ccccc1C. The van der Waals surface area contributed by atoms with Crippen LogP contribution < -0.4 is 0 Å². The topological polar surface area (TPSA) is 0 Å². The summed E-state index contributed by atoms with van der Waals surface area (Å²) in [5.74, 6) is 0. The summed E-state index contributed by atoms with van der Waals surface area (Å²) in [5.41, 5.74) is 2.97. The molecule has 0 aliphatic carbocycles. The molecule has 0 aliphatic rings. The molecule has 0 atom stereocenters. The Hall–Kier alpha value is -0.780. The van der Waals surface area contributed by atoms with Crippen LogP contribution in [0.25, 0.3) is 0 Å². The smallest absolute Gasteiger partial charge is 0.0276 e. The summed E-state index contributed by atoms with van der Waals surface area (Å²) in [7, 11) is 0. The second kappa shape index (κ2) is 9.76. The predicted molar refractivity (Wildman–Crippen MR) is 70.4 cm³/mol. The van der Waals surface area contributed by atoms with Crippen molar-refractivity contribution in [3.05, 3.63) is 35.4 Å². The van der Waals surface area contributed by atoms with Gasteiger partial charge in [0.05, 0.1) is 0 Å². The molecule has 0 spiro atoms. The molecule has 0 heteroatoms. The van der Waals surface area contributed by atoms with E-state index in [9.17, 15) is 0 Å². The normalized spacial score (nSPS) is 9.33. The molecule has 0 saturated heterocycles. The summed E-state index contributed by atoms with van der Waals surface area (Å²) in [6, 6.07) is 8.71. The van der Waals surface area contributed by atoms with E-state index >= 15 is 0 Å². The van der Waals surface area contributed by atoms with Crippen LogP contribution >= 0.6 is 0 Å². The van der Waals surface area contributed by atoms with Crippen LogP contribution in [0.15, 0.2) is 24.3 Å². The van der Waals surface area contributed by atoms with E-state index < -0.39 is 0 Å². The molecule has 0 bridgehead atoms. The summed E-state index contributed by atoms with van der Waals surface area (Å²) in [6.45, 7) is 8.46. The Balaban J connectivity index is 0.000000921. The molecule has 86 valence electrons. The second-order valence-electron chi connectivity index (χ2n) is 3.74. The average Bonchev–Trinajstić information content (AvgIpc) is 2.29. The van der Waals surface area contributed by atoms with Gasteiger partial charge < -0.3 is 0 Å². The zero-order valence-corrected chi connectivity index (χ0v) is 10.8. The average molecular weight is 206 g/mol. The van der Waals surface area contributed by atoms with Gasteiger partial charge in [-0.15, -0.1) is 0 Å². The van der Waals surface area contributed by atoms with E-state index in [1.165, 1.54) is 43.2 Å². The molecule has 0 saturated carbocycles. The van der Waals surface area contributed by atoms with E-state index in [0.29, 0.717) is 0 Å². The van der Waals surface area contributed by atoms with Gasteiger partial charge in [-0.3, -0.25) is 0 Å². The minimum absolute atomic E-state index is 1.26. The number of benzene rings is 1. The Kier molecular flexibility index (Phi) is 9.26. The number of hydrogen-bond acceptors (Lipinski definition) is 0. The van der Waals surface area contributed by atoms with Gasteiger partial charge in [0.1, 0.15) is 0 Å². The molecule has 0 aromatic heterocycles. The molecule has 0 radical (unpaired) electrons. The number of hydrogen-bond donors (Lipinski definition) is 0. The van der Waals surface area contributed by atoms with Crippen LogP contribution in [0.2, 0.25) is 0 Å². The van der Waals surface area contributed by atoms with Crippen molar-refractivity contribution in [1.82, 2.24) is 0 Å². The van der Waals surface area contributed by atoms with E-state index in [1.54, 1.807) is 0 Å². The van der Waals surface area contributed by atoms with Crippen molar-refractivity contribution in [1.29, 1.82) is 0 Å². The van der Waals surface area contributed by atoms with Gasteiger partial charge in [-0.05, 0) is 30.9 Å². The van der Waals surface area contributed by atoms with E-state index in [4.69, 9.17) is 0 Å². The molecule has 0 unspecified atom stereocenters. The molecular formula is C15H26. The van der Waals surface area contributed by atoms with Gasteiger partial charge in [0.15, 0.2) is 0 Å². The predicted octanol–water partition coefficient (Wildman–Crippen LogP) is 5.14. The zero-order valence-electron chi connectivity index (χ0n) is 10.8. The van der Waals surface area contributed by atoms with Crippen molar-refractivity contribution in [2.24, 2.45) is 0 Å². The van der Waals surface area contributed by atoms with Crippen molar-refractivity contribution in [3.8, 4) is 0 Å². The first kappa shape index (κ1) is 14.2. The van der Waals surface area contributed by atoms with Crippen LogP contribution in [-0.2, 0) is 6.42 Å². The number of rotatable bonds is 5. The lowest BCUT2D eigenvalue weighted by Crippen LogP contribution is -1.89. The summed E-state index contributed by atoms with van der Waals surface area (Å²) >= 11 is 0. The van der Waals surface area contributed by atoms with Crippen LogP contribution in [-0.4, -0.2) is 0 Å². The van der Waals surface area contributed by atoms with Crippen LogP contribution in [0.4, 0.5) is 0 Å². The Labute approximate surface area is 95.7 Å². The fourth-order valence-electron chi connectivity index (χ4n) is 1.63. The maximum Gasteiger partial charge on any atom is -0.0276 e. The van der Waals surface area contributed by atoms with Crippen molar-refractivity contribution >= 4 is 0 Å². The van der Waals surface area contributed by atoms with Gasteiger partial charge in [-0.25, -0.2) is 0 Å². The molecular weight excluding hydrogens is 180 g/mol. The highest BCUT2D eigenvalue weighted by molar-refractivity contribution is 5.25. The van der Waals surface area contributed by atoms with Gasteiger partial charge >= 0.3 is 0 Å². The zero-order chi connectivity index (χ0) is 11.5. The first-order valence-electron chi connectivity index (χ1n) is 6.39. The molecule has 0 aliphatic heterocycles. The highest BCUT2D eigenvalue weighted by Gasteiger charge is 1.95. The lowest BCUT2D eigenvalue weighted by atomic mass is 10.0. The summed E-state index contributed by atoms with van der Waals surface area (Å²) in [4.78, 5) is 0. The first-order valence-corrected chi connectivity index (χ1v) is 6.39. The standard InChI is InChI=1S/C13H20.C2H6/c1-3-4-5-6-10-13-11-8-7-9-12(13)2;1-2/h7-9,11H,3-6,10H2,1-2H3;1-2H3. The molecule has 0 nitrogen and oxygen atoms in total. The monoisotopic (exact) mass is 206 g/mol. The van der Waals surface area contributed by atoms with Crippen molar-refractivity contribution in [3.63, 3.8) is 0 Å². The van der Waals surface area contributed by atoms with Crippen molar-refractivity contribution in [2.75, 3.05) is 0 Å². The molecule has 1 rings (SSSR count). The van der Waals surface area contributed by atoms with Gasteiger partial charge in [0.25, 0.3) is 0 Å². The summed E-state index contributed by atoms with van der Waals surface area (Å²) in [6.07, 6.45) is 6.69. The second-order valence-corrected chi connectivity index (χ2v) is 3.74. The Bertz CT molecular complexity index is 238. The third-order valence-corrected chi connectivity index (χ3v) is 2.56. The minimum Gasteiger partial charge on any atom is -0.0683 e. The third-order valence-electron chi connectivity index (χ3n) is 2.56. The van der Waals surface area contributed by atoms with Crippen molar-refractivity contribution < 1.29 is 0 Å². The molecule has 15 heavy (non-hydrogen) atoms. The number of aryl methyl sites for hydroxylation is 2. The maximum absolute atomic E-state index is 2.26. The lowest BCUT2D eigenvalue weighted by Gasteiger charge is -2.04. The summed E-state index contributed by atoms with van der Waals surface area (Å²) in [5, 5.41) is 0. The van der Waals surface area contributed by atoms with E-state index in [0.717, 1.165) is 0 Å². The summed E-state index contributed by atoms with van der Waals surface area (Å²) < 4.78 is 0. The molecule has 0 heterocycles. The number of unbranched alkanes of at least 4 members (excludes halogenated alkanes) is 3. The van der Waals surface area contributed by atoms with Crippen LogP contribution in [0.5, 0.6) is 0 Å². The molecule has 1 aromatic carbocycles. The van der Waals surface area contributed by atoms with Crippen LogP contribution in [0, 0.1) is 6.92 Å². The van der Waals surface area contributed by atoms with E-state index in [1.807, 2.05) is 13.8 Å². The highest BCUT2D eigenvalue weighted by atomic mass is 14.0. The quantitative estimate of drug-likeness (QED) is 0.585. The van der Waals surface area contributed by atoms with E-state index in [-0.39, 0.29) is 0 Å².